The van der Waals surface area contributed by atoms with Crippen molar-refractivity contribution in [1.82, 2.24) is 0 Å². The van der Waals surface area contributed by atoms with E-state index < -0.39 is 9.84 Å². The predicted octanol–water partition coefficient (Wildman–Crippen LogP) is 1.84. The van der Waals surface area contributed by atoms with Crippen LogP contribution in [0.15, 0.2) is 18.2 Å². The molecule has 19 heavy (non-hydrogen) atoms. The van der Waals surface area contributed by atoms with E-state index in [0.29, 0.717) is 6.42 Å². The first-order valence-corrected chi connectivity index (χ1v) is 8.20. The smallest absolute Gasteiger partial charge is 0.224 e. The SMILES string of the molecule is CC(=O)N(c1ccc(C)cc1C)C1CCS(=O)(=O)C1. The van der Waals surface area contributed by atoms with E-state index in [9.17, 15) is 13.2 Å². The summed E-state index contributed by atoms with van der Waals surface area (Å²) in [5.74, 6) is 0.140. The van der Waals surface area contributed by atoms with Crippen LogP contribution in [0.5, 0.6) is 0 Å². The molecule has 5 heteroatoms. The van der Waals surface area contributed by atoms with Crippen molar-refractivity contribution in [3.63, 3.8) is 0 Å². The van der Waals surface area contributed by atoms with Gasteiger partial charge in [0.25, 0.3) is 0 Å². The molecule has 1 aliphatic rings. The van der Waals surface area contributed by atoms with Gasteiger partial charge in [0.15, 0.2) is 9.84 Å². The molecule has 0 aromatic heterocycles. The minimum atomic E-state index is -3.00. The van der Waals surface area contributed by atoms with Crippen molar-refractivity contribution in [1.29, 1.82) is 0 Å². The van der Waals surface area contributed by atoms with E-state index in [1.54, 1.807) is 4.90 Å². The van der Waals surface area contributed by atoms with Gasteiger partial charge in [-0.2, -0.15) is 0 Å². The number of hydrogen-bond acceptors (Lipinski definition) is 3. The Kier molecular flexibility index (Phi) is 3.67. The molecule has 1 amide bonds. The molecule has 0 aliphatic carbocycles. The number of aryl methyl sites for hydroxylation is 2. The molecule has 0 saturated carbocycles. The van der Waals surface area contributed by atoms with Crippen molar-refractivity contribution < 1.29 is 13.2 Å². The van der Waals surface area contributed by atoms with Crippen LogP contribution in [0.25, 0.3) is 0 Å². The monoisotopic (exact) mass is 281 g/mol. The molecule has 1 saturated heterocycles. The van der Waals surface area contributed by atoms with Crippen molar-refractivity contribution in [2.24, 2.45) is 0 Å². The standard InChI is InChI=1S/C14H19NO3S/c1-10-4-5-14(11(2)8-10)15(12(3)16)13-6-7-19(17,18)9-13/h4-5,8,13H,6-7,9H2,1-3H3. The van der Waals surface area contributed by atoms with Gasteiger partial charge in [-0.1, -0.05) is 17.7 Å². The summed E-state index contributed by atoms with van der Waals surface area (Å²) in [6.07, 6.45) is 0.523. The van der Waals surface area contributed by atoms with Crippen LogP contribution in [-0.4, -0.2) is 31.9 Å². The Morgan fingerprint density at radius 1 is 1.32 bits per heavy atom. The average molecular weight is 281 g/mol. The van der Waals surface area contributed by atoms with Crippen molar-refractivity contribution >= 4 is 21.4 Å². The largest absolute Gasteiger partial charge is 0.308 e. The maximum atomic E-state index is 11.9. The zero-order chi connectivity index (χ0) is 14.2. The summed E-state index contributed by atoms with van der Waals surface area (Å²) >= 11 is 0. The molecule has 1 unspecified atom stereocenters. The number of benzene rings is 1. The van der Waals surface area contributed by atoms with Crippen molar-refractivity contribution in [2.75, 3.05) is 16.4 Å². The van der Waals surface area contributed by atoms with Gasteiger partial charge in [-0.3, -0.25) is 4.79 Å². The van der Waals surface area contributed by atoms with Crippen LogP contribution in [-0.2, 0) is 14.6 Å². The lowest BCUT2D eigenvalue weighted by atomic mass is 10.1. The third-order valence-corrected chi connectivity index (χ3v) is 5.27. The van der Waals surface area contributed by atoms with Crippen molar-refractivity contribution in [3.05, 3.63) is 29.3 Å². The number of nitrogens with zero attached hydrogens (tertiary/aromatic N) is 1. The third kappa shape index (κ3) is 2.97. The summed E-state index contributed by atoms with van der Waals surface area (Å²) < 4.78 is 23.2. The zero-order valence-corrected chi connectivity index (χ0v) is 12.3. The van der Waals surface area contributed by atoms with E-state index in [0.717, 1.165) is 16.8 Å². The van der Waals surface area contributed by atoms with Gasteiger partial charge < -0.3 is 4.90 Å². The molecule has 2 rings (SSSR count). The highest BCUT2D eigenvalue weighted by molar-refractivity contribution is 7.91. The topological polar surface area (TPSA) is 54.5 Å². The number of rotatable bonds is 2. The Labute approximate surface area is 114 Å². The van der Waals surface area contributed by atoms with Crippen LogP contribution >= 0.6 is 0 Å². The molecule has 1 aromatic carbocycles. The first-order chi connectivity index (χ1) is 8.80. The van der Waals surface area contributed by atoms with E-state index in [1.807, 2.05) is 32.0 Å². The first kappa shape index (κ1) is 14.1. The minimum absolute atomic E-state index is 0.0693. The van der Waals surface area contributed by atoms with Gasteiger partial charge >= 0.3 is 0 Å². The number of sulfone groups is 1. The molecular weight excluding hydrogens is 262 g/mol. The Morgan fingerprint density at radius 2 is 2.00 bits per heavy atom. The van der Waals surface area contributed by atoms with Gasteiger partial charge in [-0.15, -0.1) is 0 Å². The second kappa shape index (κ2) is 4.96. The van der Waals surface area contributed by atoms with Crippen molar-refractivity contribution in [3.8, 4) is 0 Å². The van der Waals surface area contributed by atoms with Crippen LogP contribution in [0, 0.1) is 13.8 Å². The fourth-order valence-electron chi connectivity index (χ4n) is 2.68. The number of amides is 1. The highest BCUT2D eigenvalue weighted by Crippen LogP contribution is 2.28. The number of hydrogen-bond donors (Lipinski definition) is 0. The summed E-state index contributed by atoms with van der Waals surface area (Å²) in [5, 5.41) is 0. The fourth-order valence-corrected chi connectivity index (χ4v) is 4.38. The Balaban J connectivity index is 2.39. The summed E-state index contributed by atoms with van der Waals surface area (Å²) in [6.45, 7) is 5.43. The molecule has 0 N–H and O–H groups in total. The summed E-state index contributed by atoms with van der Waals surface area (Å²) in [5.41, 5.74) is 2.95. The second-order valence-electron chi connectivity index (χ2n) is 5.24. The summed E-state index contributed by atoms with van der Waals surface area (Å²) in [4.78, 5) is 13.5. The molecule has 1 aliphatic heterocycles. The van der Waals surface area contributed by atoms with Crippen LogP contribution in [0.2, 0.25) is 0 Å². The van der Waals surface area contributed by atoms with E-state index in [2.05, 4.69) is 0 Å². The molecule has 1 atom stereocenters. The molecule has 1 heterocycles. The molecular formula is C14H19NO3S. The van der Waals surface area contributed by atoms with Crippen LogP contribution < -0.4 is 4.90 Å². The van der Waals surface area contributed by atoms with Gasteiger partial charge in [0, 0.05) is 12.6 Å². The van der Waals surface area contributed by atoms with Crippen LogP contribution in [0.1, 0.15) is 24.5 Å². The van der Waals surface area contributed by atoms with Crippen LogP contribution in [0.3, 0.4) is 0 Å². The highest BCUT2D eigenvalue weighted by Gasteiger charge is 2.34. The normalized spacial score (nSPS) is 21.3. The average Bonchev–Trinajstić information content (AvgIpc) is 2.62. The summed E-state index contributed by atoms with van der Waals surface area (Å²) in [7, 11) is -3.00. The molecule has 0 radical (unpaired) electrons. The van der Waals surface area contributed by atoms with Gasteiger partial charge in [-0.05, 0) is 31.9 Å². The molecule has 1 aromatic rings. The lowest BCUT2D eigenvalue weighted by Gasteiger charge is -2.28. The Hall–Kier alpha value is -1.36. The zero-order valence-electron chi connectivity index (χ0n) is 11.5. The number of anilines is 1. The van der Waals surface area contributed by atoms with E-state index in [1.165, 1.54) is 6.92 Å². The molecule has 104 valence electrons. The minimum Gasteiger partial charge on any atom is -0.308 e. The van der Waals surface area contributed by atoms with E-state index in [4.69, 9.17) is 0 Å². The first-order valence-electron chi connectivity index (χ1n) is 6.37. The second-order valence-corrected chi connectivity index (χ2v) is 7.46. The van der Waals surface area contributed by atoms with Crippen LogP contribution in [0.4, 0.5) is 5.69 Å². The van der Waals surface area contributed by atoms with E-state index >= 15 is 0 Å². The van der Waals surface area contributed by atoms with E-state index in [-0.39, 0.29) is 23.5 Å². The van der Waals surface area contributed by atoms with Gasteiger partial charge in [0.2, 0.25) is 5.91 Å². The Bertz CT molecular complexity index is 607. The quantitative estimate of drug-likeness (QED) is 0.831. The lowest BCUT2D eigenvalue weighted by molar-refractivity contribution is -0.116. The highest BCUT2D eigenvalue weighted by atomic mass is 32.2. The number of carbonyl (C=O) groups excluding carboxylic acids is 1. The maximum absolute atomic E-state index is 11.9. The van der Waals surface area contributed by atoms with Gasteiger partial charge in [0.1, 0.15) is 0 Å². The third-order valence-electron chi connectivity index (χ3n) is 3.52. The van der Waals surface area contributed by atoms with Gasteiger partial charge in [0.05, 0.1) is 17.5 Å². The molecule has 4 nitrogen and oxygen atoms in total. The van der Waals surface area contributed by atoms with Crippen molar-refractivity contribution in [2.45, 2.75) is 33.2 Å². The lowest BCUT2D eigenvalue weighted by Crippen LogP contribution is -2.40. The summed E-state index contributed by atoms with van der Waals surface area (Å²) in [6, 6.07) is 5.62. The van der Waals surface area contributed by atoms with Gasteiger partial charge in [-0.25, -0.2) is 8.42 Å². The maximum Gasteiger partial charge on any atom is 0.224 e. The number of carbonyl (C=O) groups is 1. The molecule has 0 bridgehead atoms. The molecule has 0 spiro atoms. The fraction of sp³-hybridized carbons (Fsp3) is 0.500. The predicted molar refractivity (Wildman–Crippen MR) is 76.1 cm³/mol. The Morgan fingerprint density at radius 3 is 2.47 bits per heavy atom. The molecule has 1 fully saturated rings.